The number of thioether (sulfide) groups is 1. The molecule has 0 bridgehead atoms. The van der Waals surface area contributed by atoms with Gasteiger partial charge in [0, 0.05) is 11.1 Å². The standard InChI is InChI=1S/C12H10N4O2S/c1-18-5-2-3-6-7(4-5)8(15-10(6)13)9-11(14)16-12(17)19-9/h2-4H,1H3,(H2,13,15)(H2,14,16,17). The van der Waals surface area contributed by atoms with E-state index in [0.29, 0.717) is 16.4 Å². The minimum atomic E-state index is -0.280. The van der Waals surface area contributed by atoms with E-state index in [-0.39, 0.29) is 16.9 Å². The van der Waals surface area contributed by atoms with Crippen LogP contribution in [0.25, 0.3) is 5.70 Å². The summed E-state index contributed by atoms with van der Waals surface area (Å²) < 4.78 is 5.17. The molecule has 0 radical (unpaired) electrons. The number of carbonyl (C=O) groups excluding carboxylic acids is 1. The Morgan fingerprint density at radius 1 is 1.16 bits per heavy atom. The summed E-state index contributed by atoms with van der Waals surface area (Å²) in [6, 6.07) is 5.36. The summed E-state index contributed by atoms with van der Waals surface area (Å²) >= 11 is 0.955. The summed E-state index contributed by atoms with van der Waals surface area (Å²) in [5, 5.41) is 20.7. The average Bonchev–Trinajstić information content (AvgIpc) is 2.89. The lowest BCUT2D eigenvalue weighted by molar-refractivity contribution is 0.265. The second-order valence-electron chi connectivity index (χ2n) is 4.01. The van der Waals surface area contributed by atoms with Crippen LogP contribution in [0.15, 0.2) is 23.1 Å². The molecule has 0 aromatic heterocycles. The molecule has 0 saturated carbocycles. The van der Waals surface area contributed by atoms with Crippen molar-refractivity contribution in [2.45, 2.75) is 0 Å². The number of nitrogens with one attached hydrogen (secondary N) is 4. The van der Waals surface area contributed by atoms with Gasteiger partial charge >= 0.3 is 0 Å². The smallest absolute Gasteiger partial charge is 0.289 e. The molecule has 1 fully saturated rings. The molecule has 0 atom stereocenters. The van der Waals surface area contributed by atoms with Gasteiger partial charge in [0.1, 0.15) is 17.4 Å². The average molecular weight is 274 g/mol. The summed E-state index contributed by atoms with van der Waals surface area (Å²) in [5.74, 6) is 0.982. The van der Waals surface area contributed by atoms with E-state index in [0.717, 1.165) is 22.9 Å². The first-order chi connectivity index (χ1) is 9.10. The lowest BCUT2D eigenvalue weighted by Gasteiger charge is -2.05. The van der Waals surface area contributed by atoms with Crippen LogP contribution in [0.3, 0.4) is 0 Å². The fourth-order valence-corrected chi connectivity index (χ4v) is 2.77. The van der Waals surface area contributed by atoms with Crippen molar-refractivity contribution in [3.05, 3.63) is 34.2 Å². The molecular formula is C12H10N4O2S. The van der Waals surface area contributed by atoms with Gasteiger partial charge in [0.2, 0.25) is 0 Å². The molecule has 1 aromatic carbocycles. The van der Waals surface area contributed by atoms with Crippen LogP contribution in [0.1, 0.15) is 11.1 Å². The molecule has 96 valence electrons. The van der Waals surface area contributed by atoms with E-state index in [4.69, 9.17) is 15.6 Å². The first-order valence-electron chi connectivity index (χ1n) is 5.46. The number of amides is 1. The van der Waals surface area contributed by atoms with Gasteiger partial charge in [-0.2, -0.15) is 0 Å². The number of fused-ring (bicyclic) bond motifs is 1. The number of methoxy groups -OCH3 is 1. The van der Waals surface area contributed by atoms with Gasteiger partial charge in [-0.15, -0.1) is 0 Å². The molecule has 0 aliphatic carbocycles. The molecule has 2 aliphatic rings. The molecule has 0 unspecified atom stereocenters. The largest absolute Gasteiger partial charge is 0.497 e. The topological polar surface area (TPSA) is 98.1 Å². The SMILES string of the molecule is COc1ccc2c(c1)C(=C1SC(=O)NC1=N)NC2=N. The maximum atomic E-state index is 11.3. The molecule has 2 heterocycles. The van der Waals surface area contributed by atoms with Gasteiger partial charge in [0.05, 0.1) is 17.7 Å². The van der Waals surface area contributed by atoms with E-state index in [1.54, 1.807) is 25.3 Å². The zero-order chi connectivity index (χ0) is 13.6. The second kappa shape index (κ2) is 4.13. The number of hydrogen-bond donors (Lipinski definition) is 4. The van der Waals surface area contributed by atoms with Crippen LogP contribution in [0, 0.1) is 10.8 Å². The minimum absolute atomic E-state index is 0.0565. The minimum Gasteiger partial charge on any atom is -0.497 e. The molecule has 19 heavy (non-hydrogen) atoms. The van der Waals surface area contributed by atoms with Crippen LogP contribution in [0.5, 0.6) is 5.75 Å². The summed E-state index contributed by atoms with van der Waals surface area (Å²) in [6.07, 6.45) is 0. The number of rotatable bonds is 1. The van der Waals surface area contributed by atoms with Crippen LogP contribution in [0.2, 0.25) is 0 Å². The molecule has 0 spiro atoms. The van der Waals surface area contributed by atoms with E-state index in [9.17, 15) is 4.79 Å². The lowest BCUT2D eigenvalue weighted by atomic mass is 10.1. The first kappa shape index (κ1) is 11.8. The van der Waals surface area contributed by atoms with Crippen LogP contribution in [0.4, 0.5) is 4.79 Å². The molecule has 2 aliphatic heterocycles. The Kier molecular flexibility index (Phi) is 2.56. The summed E-state index contributed by atoms with van der Waals surface area (Å²) in [7, 11) is 1.57. The molecule has 4 N–H and O–H groups in total. The number of ether oxygens (including phenoxy) is 1. The van der Waals surface area contributed by atoms with E-state index in [1.807, 2.05) is 0 Å². The Morgan fingerprint density at radius 3 is 2.58 bits per heavy atom. The molecule has 3 rings (SSSR count). The van der Waals surface area contributed by atoms with Gasteiger partial charge in [-0.05, 0) is 30.0 Å². The van der Waals surface area contributed by atoms with Crippen LogP contribution < -0.4 is 15.4 Å². The molecular weight excluding hydrogens is 264 g/mol. The molecule has 1 amide bonds. The third-order valence-electron chi connectivity index (χ3n) is 2.89. The van der Waals surface area contributed by atoms with Crippen molar-refractivity contribution in [1.29, 1.82) is 10.8 Å². The maximum Gasteiger partial charge on any atom is 0.289 e. The van der Waals surface area contributed by atoms with Gasteiger partial charge < -0.3 is 15.4 Å². The van der Waals surface area contributed by atoms with Crippen molar-refractivity contribution in [2.75, 3.05) is 7.11 Å². The van der Waals surface area contributed by atoms with E-state index >= 15 is 0 Å². The zero-order valence-corrected chi connectivity index (χ0v) is 10.8. The van der Waals surface area contributed by atoms with Gasteiger partial charge in [-0.1, -0.05) is 0 Å². The van der Waals surface area contributed by atoms with E-state index in [2.05, 4.69) is 10.6 Å². The number of amidine groups is 2. The highest BCUT2D eigenvalue weighted by atomic mass is 32.2. The highest BCUT2D eigenvalue weighted by molar-refractivity contribution is 8.18. The fraction of sp³-hybridized carbons (Fsp3) is 0.0833. The Hall–Kier alpha value is -2.28. The van der Waals surface area contributed by atoms with Gasteiger partial charge in [0.25, 0.3) is 5.24 Å². The monoisotopic (exact) mass is 274 g/mol. The third-order valence-corrected chi connectivity index (χ3v) is 3.79. The highest BCUT2D eigenvalue weighted by Crippen LogP contribution is 2.36. The van der Waals surface area contributed by atoms with Gasteiger partial charge in [-0.25, -0.2) is 0 Å². The van der Waals surface area contributed by atoms with Crippen LogP contribution >= 0.6 is 11.8 Å². The van der Waals surface area contributed by atoms with Crippen molar-refractivity contribution in [3.8, 4) is 5.75 Å². The van der Waals surface area contributed by atoms with Crippen LogP contribution in [-0.4, -0.2) is 24.0 Å². The number of hydrogen-bond acceptors (Lipinski definition) is 5. The molecule has 1 aromatic rings. The number of benzene rings is 1. The van der Waals surface area contributed by atoms with E-state index in [1.165, 1.54) is 0 Å². The molecule has 7 heteroatoms. The van der Waals surface area contributed by atoms with Crippen molar-refractivity contribution in [2.24, 2.45) is 0 Å². The quantitative estimate of drug-likeness (QED) is 0.626. The zero-order valence-electron chi connectivity index (χ0n) is 9.96. The third kappa shape index (κ3) is 1.78. The van der Waals surface area contributed by atoms with Crippen molar-refractivity contribution in [3.63, 3.8) is 0 Å². The maximum absolute atomic E-state index is 11.3. The molecule has 1 saturated heterocycles. The summed E-state index contributed by atoms with van der Waals surface area (Å²) in [4.78, 5) is 11.8. The lowest BCUT2D eigenvalue weighted by Crippen LogP contribution is -2.19. The van der Waals surface area contributed by atoms with Crippen molar-refractivity contribution < 1.29 is 9.53 Å². The van der Waals surface area contributed by atoms with Crippen molar-refractivity contribution in [1.82, 2.24) is 10.6 Å². The Balaban J connectivity index is 2.18. The van der Waals surface area contributed by atoms with Gasteiger partial charge in [0.15, 0.2) is 0 Å². The Morgan fingerprint density at radius 2 is 1.95 bits per heavy atom. The Bertz CT molecular complexity index is 666. The highest BCUT2D eigenvalue weighted by Gasteiger charge is 2.31. The molecule has 6 nitrogen and oxygen atoms in total. The van der Waals surface area contributed by atoms with Gasteiger partial charge in [-0.3, -0.25) is 15.6 Å². The predicted molar refractivity (Wildman–Crippen MR) is 73.7 cm³/mol. The first-order valence-corrected chi connectivity index (χ1v) is 6.28. The summed E-state index contributed by atoms with van der Waals surface area (Å²) in [6.45, 7) is 0. The normalized spacial score (nSPS) is 21.2. The fourth-order valence-electron chi connectivity index (χ4n) is 2.02. The number of carbonyl (C=O) groups is 1. The second-order valence-corrected chi connectivity index (χ2v) is 4.99. The predicted octanol–water partition coefficient (Wildman–Crippen LogP) is 1.73. The van der Waals surface area contributed by atoms with Crippen molar-refractivity contribution >= 4 is 34.4 Å². The summed E-state index contributed by atoms with van der Waals surface area (Å²) in [5.41, 5.74) is 2.11. The van der Waals surface area contributed by atoms with E-state index < -0.39 is 0 Å². The van der Waals surface area contributed by atoms with Crippen LogP contribution in [-0.2, 0) is 0 Å². The Labute approximate surface area is 113 Å².